The van der Waals surface area contributed by atoms with Gasteiger partial charge < -0.3 is 14.4 Å². The third-order valence-corrected chi connectivity index (χ3v) is 5.81. The number of hydrogen-bond donors (Lipinski definition) is 0. The van der Waals surface area contributed by atoms with Crippen LogP contribution in [0.1, 0.15) is 31.0 Å². The summed E-state index contributed by atoms with van der Waals surface area (Å²) in [7, 11) is 0. The summed E-state index contributed by atoms with van der Waals surface area (Å²) in [5.41, 5.74) is 2.78. The van der Waals surface area contributed by atoms with Crippen molar-refractivity contribution in [3.05, 3.63) is 92.7 Å². The highest BCUT2D eigenvalue weighted by Crippen LogP contribution is 2.41. The lowest BCUT2D eigenvalue weighted by Gasteiger charge is -2.33. The lowest BCUT2D eigenvalue weighted by atomic mass is 9.95. The first-order chi connectivity index (χ1) is 15.5. The fraction of sp³-hybridized carbons (Fsp3) is 0.217. The van der Waals surface area contributed by atoms with Crippen LogP contribution in [0.25, 0.3) is 0 Å². The summed E-state index contributed by atoms with van der Waals surface area (Å²) in [6.07, 6.45) is 1.91. The molecular weight excluding hydrogens is 430 g/mol. The highest BCUT2D eigenvalue weighted by atomic mass is 32.2. The van der Waals surface area contributed by atoms with Crippen molar-refractivity contribution in [1.82, 2.24) is 4.90 Å². The van der Waals surface area contributed by atoms with Crippen molar-refractivity contribution in [3.63, 3.8) is 0 Å². The summed E-state index contributed by atoms with van der Waals surface area (Å²) in [4.78, 5) is 29.7. The quantitative estimate of drug-likeness (QED) is 0.334. The van der Waals surface area contributed by atoms with Crippen molar-refractivity contribution in [3.8, 4) is 5.75 Å². The van der Waals surface area contributed by atoms with Gasteiger partial charge in [0.05, 0.1) is 28.8 Å². The molecule has 2 aromatic rings. The van der Waals surface area contributed by atoms with Crippen LogP contribution >= 0.6 is 11.8 Å². The molecule has 2 aromatic carbocycles. The zero-order chi connectivity index (χ0) is 22.7. The van der Waals surface area contributed by atoms with Gasteiger partial charge in [-0.3, -0.25) is 10.1 Å². The van der Waals surface area contributed by atoms with Gasteiger partial charge in [-0.2, -0.15) is 0 Å². The van der Waals surface area contributed by atoms with E-state index < -0.39 is 4.92 Å². The second-order valence-corrected chi connectivity index (χ2v) is 7.98. The Morgan fingerprint density at radius 3 is 2.75 bits per heavy atom. The highest BCUT2D eigenvalue weighted by Gasteiger charge is 2.37. The van der Waals surface area contributed by atoms with E-state index in [2.05, 4.69) is 4.99 Å². The fourth-order valence-electron chi connectivity index (χ4n) is 3.57. The average molecular weight is 452 g/mol. The molecule has 0 spiro atoms. The monoisotopic (exact) mass is 451 g/mol. The predicted molar refractivity (Wildman–Crippen MR) is 122 cm³/mol. The van der Waals surface area contributed by atoms with E-state index in [0.717, 1.165) is 10.7 Å². The number of nitro benzene ring substituents is 1. The van der Waals surface area contributed by atoms with Crippen molar-refractivity contribution in [2.24, 2.45) is 4.99 Å². The van der Waals surface area contributed by atoms with Crippen LogP contribution in [0.5, 0.6) is 5.75 Å². The molecule has 0 aromatic heterocycles. The van der Waals surface area contributed by atoms with Crippen molar-refractivity contribution in [2.75, 3.05) is 6.61 Å². The molecule has 0 saturated heterocycles. The van der Waals surface area contributed by atoms with Gasteiger partial charge in [0.2, 0.25) is 0 Å². The van der Waals surface area contributed by atoms with Crippen LogP contribution < -0.4 is 4.74 Å². The Morgan fingerprint density at radius 2 is 2.03 bits per heavy atom. The molecule has 0 radical (unpaired) electrons. The van der Waals surface area contributed by atoms with Crippen LogP contribution in [0.3, 0.4) is 0 Å². The van der Waals surface area contributed by atoms with Gasteiger partial charge >= 0.3 is 5.97 Å². The lowest BCUT2D eigenvalue weighted by molar-refractivity contribution is -0.384. The van der Waals surface area contributed by atoms with E-state index >= 15 is 0 Å². The molecule has 164 valence electrons. The molecule has 0 amide bonds. The third kappa shape index (κ3) is 4.38. The van der Waals surface area contributed by atoms with Crippen LogP contribution in [0.2, 0.25) is 0 Å². The fourth-order valence-corrected chi connectivity index (χ4v) is 4.36. The van der Waals surface area contributed by atoms with E-state index in [1.807, 2.05) is 47.7 Å². The molecule has 4 rings (SSSR count). The Kier molecular flexibility index (Phi) is 6.27. The summed E-state index contributed by atoms with van der Waals surface area (Å²) >= 11 is 1.50. The normalized spacial score (nSPS) is 17.1. The van der Waals surface area contributed by atoms with E-state index in [0.29, 0.717) is 22.6 Å². The second-order valence-electron chi connectivity index (χ2n) is 7.11. The molecule has 32 heavy (non-hydrogen) atoms. The first kappa shape index (κ1) is 21.6. The van der Waals surface area contributed by atoms with Gasteiger partial charge in [-0.15, -0.1) is 0 Å². The van der Waals surface area contributed by atoms with Crippen molar-refractivity contribution in [2.45, 2.75) is 26.5 Å². The number of amidine groups is 1. The van der Waals surface area contributed by atoms with Crippen molar-refractivity contribution < 1.29 is 19.2 Å². The van der Waals surface area contributed by atoms with Crippen molar-refractivity contribution in [1.29, 1.82) is 0 Å². The van der Waals surface area contributed by atoms with Gasteiger partial charge in [-0.1, -0.05) is 36.0 Å². The number of hydrogen-bond acceptors (Lipinski definition) is 8. The Hall–Kier alpha value is -3.59. The molecule has 0 aliphatic carbocycles. The number of allylic oxidation sites excluding steroid dienone is 1. The Morgan fingerprint density at radius 1 is 1.25 bits per heavy atom. The summed E-state index contributed by atoms with van der Waals surface area (Å²) in [5.74, 6) is 0.240. The number of nitro groups is 1. The van der Waals surface area contributed by atoms with Gasteiger partial charge in [-0.25, -0.2) is 9.79 Å². The number of esters is 1. The number of carbonyl (C=O) groups is 1. The maximum atomic E-state index is 12.7. The standard InChI is InChI=1S/C23H21N3O5S/c1-3-30-22(27)20-15(2)24-23-25(11-12-32-23)21(20)17-7-9-19(10-8-17)31-14-16-5-4-6-18(13-16)26(28)29/h4-13,21H,3,14H2,1-2H3. The smallest absolute Gasteiger partial charge is 0.338 e. The molecule has 2 heterocycles. The van der Waals surface area contributed by atoms with Crippen LogP contribution in [-0.4, -0.2) is 27.6 Å². The number of nitrogens with zero attached hydrogens (tertiary/aromatic N) is 3. The SMILES string of the molecule is CCOC(=O)C1=C(C)N=C2SC=CN2C1c1ccc(OCc2cccc([N+](=O)[O-])c2)cc1. The van der Waals surface area contributed by atoms with Crippen LogP contribution in [0.4, 0.5) is 5.69 Å². The summed E-state index contributed by atoms with van der Waals surface area (Å²) < 4.78 is 11.1. The minimum absolute atomic E-state index is 0.0291. The number of non-ortho nitro benzene ring substituents is 1. The van der Waals surface area contributed by atoms with Crippen LogP contribution in [0.15, 0.2) is 76.4 Å². The number of thioether (sulfide) groups is 1. The maximum absolute atomic E-state index is 12.7. The number of benzene rings is 2. The van der Waals surface area contributed by atoms with Crippen LogP contribution in [0, 0.1) is 10.1 Å². The van der Waals surface area contributed by atoms with Crippen molar-refractivity contribution >= 4 is 28.6 Å². The number of aliphatic imine (C=N–C) groups is 1. The van der Waals surface area contributed by atoms with Gasteiger partial charge in [-0.05, 0) is 42.5 Å². The van der Waals surface area contributed by atoms with E-state index in [-0.39, 0.29) is 30.9 Å². The topological polar surface area (TPSA) is 94.3 Å². The molecule has 9 heteroatoms. The van der Waals surface area contributed by atoms with E-state index in [1.54, 1.807) is 19.1 Å². The second kappa shape index (κ2) is 9.27. The number of ether oxygens (including phenoxy) is 2. The Balaban J connectivity index is 1.55. The van der Waals surface area contributed by atoms with E-state index in [1.165, 1.54) is 23.9 Å². The van der Waals surface area contributed by atoms with Crippen LogP contribution in [-0.2, 0) is 16.1 Å². The first-order valence-electron chi connectivity index (χ1n) is 10.0. The van der Waals surface area contributed by atoms with Gasteiger partial charge in [0.15, 0.2) is 5.17 Å². The minimum Gasteiger partial charge on any atom is -0.489 e. The summed E-state index contributed by atoms with van der Waals surface area (Å²) in [6.45, 7) is 4.09. The molecular formula is C23H21N3O5S. The third-order valence-electron chi connectivity index (χ3n) is 5.04. The average Bonchev–Trinajstić information content (AvgIpc) is 3.25. The molecule has 0 saturated carbocycles. The molecule has 0 bridgehead atoms. The predicted octanol–water partition coefficient (Wildman–Crippen LogP) is 4.94. The molecule has 1 unspecified atom stereocenters. The number of rotatable bonds is 7. The molecule has 2 aliphatic heterocycles. The maximum Gasteiger partial charge on any atom is 0.338 e. The largest absolute Gasteiger partial charge is 0.489 e. The molecule has 2 aliphatic rings. The van der Waals surface area contributed by atoms with E-state index in [4.69, 9.17) is 9.47 Å². The van der Waals surface area contributed by atoms with Gasteiger partial charge in [0, 0.05) is 18.3 Å². The summed E-state index contributed by atoms with van der Waals surface area (Å²) in [6, 6.07) is 13.5. The summed E-state index contributed by atoms with van der Waals surface area (Å²) in [5, 5.41) is 13.7. The minimum atomic E-state index is -0.429. The Bertz CT molecular complexity index is 1140. The van der Waals surface area contributed by atoms with E-state index in [9.17, 15) is 14.9 Å². The Labute approximate surface area is 189 Å². The van der Waals surface area contributed by atoms with Gasteiger partial charge in [0.25, 0.3) is 5.69 Å². The molecule has 0 fully saturated rings. The lowest BCUT2D eigenvalue weighted by Crippen LogP contribution is -2.34. The first-order valence-corrected chi connectivity index (χ1v) is 10.9. The number of fused-ring (bicyclic) bond motifs is 1. The highest BCUT2D eigenvalue weighted by molar-refractivity contribution is 8.16. The molecule has 0 N–H and O–H groups in total. The zero-order valence-corrected chi connectivity index (χ0v) is 18.4. The number of carbonyl (C=O) groups excluding carboxylic acids is 1. The molecule has 8 nitrogen and oxygen atoms in total. The van der Waals surface area contributed by atoms with Gasteiger partial charge in [0.1, 0.15) is 12.4 Å². The molecule has 1 atom stereocenters. The zero-order valence-electron chi connectivity index (χ0n) is 17.6.